The number of anilines is 1. The Kier molecular flexibility index (Phi) is 14.0. The largest absolute Gasteiger partial charge is 0.490 e. The molecule has 0 unspecified atom stereocenters. The maximum absolute atomic E-state index is 14.2. The van der Waals surface area contributed by atoms with E-state index in [0.717, 1.165) is 44.9 Å². The predicted octanol–water partition coefficient (Wildman–Crippen LogP) is 5.80. The molecule has 4 atom stereocenters. The van der Waals surface area contributed by atoms with Crippen LogP contribution in [-0.2, 0) is 14.3 Å². The summed E-state index contributed by atoms with van der Waals surface area (Å²) < 4.78 is 50.5. The van der Waals surface area contributed by atoms with Crippen LogP contribution in [0.25, 0.3) is 0 Å². The minimum absolute atomic E-state index is 0.0196. The number of alkyl halides is 3. The topological polar surface area (TPSA) is 108 Å². The number of nitrogens with zero attached hydrogens (tertiary/aromatic N) is 2. The number of aliphatic hydroxyl groups is 1. The lowest BCUT2D eigenvalue weighted by molar-refractivity contribution is -0.142. The van der Waals surface area contributed by atoms with Crippen LogP contribution in [0.5, 0.6) is 5.75 Å². The highest BCUT2D eigenvalue weighted by Gasteiger charge is 2.33. The van der Waals surface area contributed by atoms with Gasteiger partial charge in [-0.25, -0.2) is 0 Å². The number of rotatable bonds is 8. The standard InChI is InChI=1S/C33H50F3N3O6/c1-22-19-39(23(2)21-40)32(43)27-18-26(37-30(41)15-16-33(34,35)36)13-14-28(27)45-24(3)10-8-9-17-44-29(22)20-38(4)31(42)25-11-6-5-7-12-25/h13-14,18,22-25,29,40H,5-12,15-17,19-21H2,1-4H3,(H,37,41)/t22-,23+,24-,29+/m1/s1. The number of benzene rings is 1. The molecular formula is C33H50F3N3O6. The second kappa shape index (κ2) is 17.2. The quantitative estimate of drug-likeness (QED) is 0.372. The van der Waals surface area contributed by atoms with Gasteiger partial charge in [0.2, 0.25) is 11.8 Å². The fourth-order valence-corrected chi connectivity index (χ4v) is 5.96. The zero-order valence-corrected chi connectivity index (χ0v) is 27.0. The Hall–Kier alpha value is -2.86. The first-order valence-corrected chi connectivity index (χ1v) is 16.2. The minimum Gasteiger partial charge on any atom is -0.490 e. The Labute approximate surface area is 264 Å². The molecule has 2 N–H and O–H groups in total. The fourth-order valence-electron chi connectivity index (χ4n) is 5.96. The van der Waals surface area contributed by atoms with Crippen LogP contribution in [-0.4, -0.2) is 90.4 Å². The number of carbonyl (C=O) groups excluding carboxylic acids is 3. The molecule has 9 nitrogen and oxygen atoms in total. The van der Waals surface area contributed by atoms with Gasteiger partial charge in [-0.2, -0.15) is 13.2 Å². The summed E-state index contributed by atoms with van der Waals surface area (Å²) in [4.78, 5) is 43.0. The molecule has 1 aliphatic heterocycles. The summed E-state index contributed by atoms with van der Waals surface area (Å²) in [6.45, 7) is 6.31. The van der Waals surface area contributed by atoms with Gasteiger partial charge in [-0.15, -0.1) is 0 Å². The first kappa shape index (κ1) is 36.6. The van der Waals surface area contributed by atoms with E-state index in [4.69, 9.17) is 9.47 Å². The number of ether oxygens (including phenoxy) is 2. The highest BCUT2D eigenvalue weighted by atomic mass is 19.4. The van der Waals surface area contributed by atoms with Crippen LogP contribution >= 0.6 is 0 Å². The van der Waals surface area contributed by atoms with Crippen LogP contribution in [0.3, 0.4) is 0 Å². The van der Waals surface area contributed by atoms with Crippen molar-refractivity contribution in [2.75, 3.05) is 38.7 Å². The molecule has 1 fully saturated rings. The summed E-state index contributed by atoms with van der Waals surface area (Å²) in [5.74, 6) is -1.08. The van der Waals surface area contributed by atoms with E-state index in [0.29, 0.717) is 19.6 Å². The van der Waals surface area contributed by atoms with E-state index in [1.165, 1.54) is 23.1 Å². The van der Waals surface area contributed by atoms with E-state index in [1.807, 2.05) is 13.8 Å². The van der Waals surface area contributed by atoms with Gasteiger partial charge in [0.25, 0.3) is 5.91 Å². The normalized spacial score (nSPS) is 23.3. The van der Waals surface area contributed by atoms with Crippen molar-refractivity contribution in [3.63, 3.8) is 0 Å². The zero-order chi connectivity index (χ0) is 33.1. The molecular weight excluding hydrogens is 591 g/mol. The van der Waals surface area contributed by atoms with Crippen molar-refractivity contribution < 1.29 is 42.1 Å². The molecule has 0 bridgehead atoms. The molecule has 12 heteroatoms. The third kappa shape index (κ3) is 11.5. The van der Waals surface area contributed by atoms with Crippen molar-refractivity contribution in [2.45, 2.75) is 109 Å². The Morgan fingerprint density at radius 2 is 1.80 bits per heavy atom. The highest BCUT2D eigenvalue weighted by Crippen LogP contribution is 2.30. The van der Waals surface area contributed by atoms with E-state index in [2.05, 4.69) is 5.32 Å². The van der Waals surface area contributed by atoms with Crippen LogP contribution in [0, 0.1) is 11.8 Å². The Balaban J connectivity index is 1.88. The first-order valence-electron chi connectivity index (χ1n) is 16.2. The van der Waals surface area contributed by atoms with Gasteiger partial charge in [0.15, 0.2) is 0 Å². The molecule has 0 radical (unpaired) electrons. The minimum atomic E-state index is -4.47. The summed E-state index contributed by atoms with van der Waals surface area (Å²) in [6, 6.07) is 3.86. The number of hydrogen-bond donors (Lipinski definition) is 2. The number of halogens is 3. The summed E-state index contributed by atoms with van der Waals surface area (Å²) in [5.41, 5.74) is 0.294. The van der Waals surface area contributed by atoms with Gasteiger partial charge in [-0.05, 0) is 64.2 Å². The lowest BCUT2D eigenvalue weighted by Crippen LogP contribution is -2.48. The molecule has 1 saturated carbocycles. The van der Waals surface area contributed by atoms with Gasteiger partial charge in [0.1, 0.15) is 5.75 Å². The van der Waals surface area contributed by atoms with Crippen molar-refractivity contribution in [3.8, 4) is 5.75 Å². The van der Waals surface area contributed by atoms with Crippen LogP contribution in [0.2, 0.25) is 0 Å². The van der Waals surface area contributed by atoms with Crippen molar-refractivity contribution in [2.24, 2.45) is 11.8 Å². The van der Waals surface area contributed by atoms with E-state index in [1.54, 1.807) is 18.9 Å². The lowest BCUT2D eigenvalue weighted by Gasteiger charge is -2.36. The van der Waals surface area contributed by atoms with E-state index < -0.39 is 36.9 Å². The molecule has 0 aromatic heterocycles. The molecule has 254 valence electrons. The third-order valence-electron chi connectivity index (χ3n) is 8.76. The second-order valence-corrected chi connectivity index (χ2v) is 12.7. The van der Waals surface area contributed by atoms with Gasteiger partial charge >= 0.3 is 6.18 Å². The molecule has 2 aliphatic rings. The molecule has 3 rings (SSSR count). The predicted molar refractivity (Wildman–Crippen MR) is 165 cm³/mol. The van der Waals surface area contributed by atoms with Crippen molar-refractivity contribution in [3.05, 3.63) is 23.8 Å². The molecule has 0 saturated heterocycles. The van der Waals surface area contributed by atoms with E-state index in [-0.39, 0.29) is 60.1 Å². The Bertz CT molecular complexity index is 1130. The Morgan fingerprint density at radius 3 is 2.47 bits per heavy atom. The van der Waals surface area contributed by atoms with Gasteiger partial charge in [-0.3, -0.25) is 14.4 Å². The SMILES string of the molecule is C[C@@H]1CCCCO[C@@H](CN(C)C(=O)C2CCCCC2)[C@H](C)CN([C@@H](C)CO)C(=O)c2cc(NC(=O)CCC(F)(F)F)ccc2O1. The van der Waals surface area contributed by atoms with Crippen LogP contribution in [0.1, 0.15) is 95.3 Å². The van der Waals surface area contributed by atoms with Crippen LogP contribution in [0.15, 0.2) is 18.2 Å². The maximum Gasteiger partial charge on any atom is 0.389 e. The average Bonchev–Trinajstić information content (AvgIpc) is 3.01. The maximum atomic E-state index is 14.2. The van der Waals surface area contributed by atoms with Crippen LogP contribution in [0.4, 0.5) is 18.9 Å². The summed E-state index contributed by atoms with van der Waals surface area (Å²) >= 11 is 0. The number of aliphatic hydroxyl groups excluding tert-OH is 1. The number of nitrogens with one attached hydrogen (secondary N) is 1. The van der Waals surface area contributed by atoms with Gasteiger partial charge in [0, 0.05) is 50.7 Å². The third-order valence-corrected chi connectivity index (χ3v) is 8.76. The highest BCUT2D eigenvalue weighted by molar-refractivity contribution is 5.99. The lowest BCUT2D eigenvalue weighted by atomic mass is 9.88. The first-order chi connectivity index (χ1) is 21.3. The average molecular weight is 642 g/mol. The molecule has 1 aromatic carbocycles. The van der Waals surface area contributed by atoms with Gasteiger partial charge in [0.05, 0.1) is 36.8 Å². The molecule has 0 spiro atoms. The summed E-state index contributed by atoms with van der Waals surface area (Å²) in [5, 5.41) is 12.6. The number of fused-ring (bicyclic) bond motifs is 1. The molecule has 1 aliphatic carbocycles. The van der Waals surface area contributed by atoms with Crippen molar-refractivity contribution in [1.82, 2.24) is 9.80 Å². The Morgan fingerprint density at radius 1 is 1.11 bits per heavy atom. The van der Waals surface area contributed by atoms with Crippen molar-refractivity contribution >= 4 is 23.4 Å². The second-order valence-electron chi connectivity index (χ2n) is 12.7. The molecule has 45 heavy (non-hydrogen) atoms. The molecule has 1 heterocycles. The fraction of sp³-hybridized carbons (Fsp3) is 0.727. The van der Waals surface area contributed by atoms with Crippen LogP contribution < -0.4 is 10.1 Å². The number of hydrogen-bond acceptors (Lipinski definition) is 6. The monoisotopic (exact) mass is 641 g/mol. The number of carbonyl (C=O) groups is 3. The van der Waals surface area contributed by atoms with Crippen molar-refractivity contribution in [1.29, 1.82) is 0 Å². The summed E-state index contributed by atoms with van der Waals surface area (Å²) in [7, 11) is 1.80. The smallest absolute Gasteiger partial charge is 0.389 e. The molecule has 1 aromatic rings. The molecule has 3 amide bonds. The summed E-state index contributed by atoms with van der Waals surface area (Å²) in [6.07, 6.45) is 0.238. The number of likely N-dealkylation sites (N-methyl/N-ethyl adjacent to an activating group) is 1. The van der Waals surface area contributed by atoms with E-state index >= 15 is 0 Å². The zero-order valence-electron chi connectivity index (χ0n) is 27.0. The number of amides is 3. The van der Waals surface area contributed by atoms with E-state index in [9.17, 15) is 32.7 Å². The van der Waals surface area contributed by atoms with Gasteiger partial charge in [-0.1, -0.05) is 26.2 Å². The van der Waals surface area contributed by atoms with Gasteiger partial charge < -0.3 is 29.7 Å².